The molecule has 0 fully saturated rings. The van der Waals surface area contributed by atoms with Crippen LogP contribution in [-0.4, -0.2) is 16.3 Å². The summed E-state index contributed by atoms with van der Waals surface area (Å²) in [5, 5.41) is 8.92. The van der Waals surface area contributed by atoms with Gasteiger partial charge in [-0.2, -0.15) is 5.10 Å². The van der Waals surface area contributed by atoms with Crippen LogP contribution >= 0.6 is 11.6 Å². The van der Waals surface area contributed by atoms with Crippen LogP contribution in [0.5, 0.6) is 0 Å². The second-order valence-electron chi connectivity index (χ2n) is 5.41. The molecule has 1 heterocycles. The Hall–Kier alpha value is -1.32. The number of likely N-dealkylation sites (N-methyl/N-ethyl adjacent to an activating group) is 1. The minimum Gasteiger partial charge on any atom is -0.310 e. The van der Waals surface area contributed by atoms with Crippen LogP contribution in [0.2, 0.25) is 5.02 Å². The van der Waals surface area contributed by atoms with Gasteiger partial charge >= 0.3 is 0 Å². The first kappa shape index (κ1) is 16.1. The Labute approximate surface area is 132 Å². The van der Waals surface area contributed by atoms with Crippen molar-refractivity contribution in [2.45, 2.75) is 46.7 Å². The average Bonchev–Trinajstić information content (AvgIpc) is 2.78. The number of nitrogens with one attached hydrogen (secondary N) is 1. The van der Waals surface area contributed by atoms with Gasteiger partial charge in [-0.15, -0.1) is 0 Å². The number of aromatic nitrogens is 2. The monoisotopic (exact) mass is 305 g/mol. The topological polar surface area (TPSA) is 29.9 Å². The van der Waals surface area contributed by atoms with Gasteiger partial charge in [-0.25, -0.2) is 0 Å². The Morgan fingerprint density at radius 3 is 2.62 bits per heavy atom. The average molecular weight is 306 g/mol. The summed E-state index contributed by atoms with van der Waals surface area (Å²) in [6.45, 7) is 10.3. The van der Waals surface area contributed by atoms with Crippen LogP contribution in [0.4, 0.5) is 0 Å². The molecule has 0 aliphatic rings. The van der Waals surface area contributed by atoms with Gasteiger partial charge in [0.25, 0.3) is 0 Å². The zero-order valence-electron chi connectivity index (χ0n) is 13.3. The summed E-state index contributed by atoms with van der Waals surface area (Å²) in [6, 6.07) is 8.60. The van der Waals surface area contributed by atoms with Gasteiger partial charge in [0.1, 0.15) is 0 Å². The summed E-state index contributed by atoms with van der Waals surface area (Å²) in [7, 11) is 0. The number of hydrogen-bond acceptors (Lipinski definition) is 2. The smallest absolute Gasteiger partial charge is 0.0596 e. The molecule has 0 aliphatic heterocycles. The lowest BCUT2D eigenvalue weighted by Gasteiger charge is -2.21. The van der Waals surface area contributed by atoms with Crippen molar-refractivity contribution in [2.75, 3.05) is 6.54 Å². The summed E-state index contributed by atoms with van der Waals surface area (Å²) in [5.41, 5.74) is 4.89. The van der Waals surface area contributed by atoms with Gasteiger partial charge in [-0.1, -0.05) is 24.6 Å². The second-order valence-corrected chi connectivity index (χ2v) is 5.84. The molecular weight excluding hydrogens is 282 g/mol. The van der Waals surface area contributed by atoms with E-state index < -0.39 is 0 Å². The zero-order chi connectivity index (χ0) is 15.4. The molecule has 0 spiro atoms. The van der Waals surface area contributed by atoms with Crippen molar-refractivity contribution in [1.82, 2.24) is 15.1 Å². The molecule has 0 saturated heterocycles. The molecule has 1 atom stereocenters. The Bertz CT molecular complexity index is 604. The molecule has 0 amide bonds. The summed E-state index contributed by atoms with van der Waals surface area (Å²) in [6.07, 6.45) is 0.936. The third-order valence-corrected chi connectivity index (χ3v) is 3.99. The normalized spacial score (nSPS) is 12.6. The predicted octanol–water partition coefficient (Wildman–Crippen LogP) is 4.07. The van der Waals surface area contributed by atoms with Crippen LogP contribution in [0, 0.1) is 13.8 Å². The van der Waals surface area contributed by atoms with Gasteiger partial charge in [0.15, 0.2) is 0 Å². The van der Waals surface area contributed by atoms with E-state index in [1.165, 1.54) is 16.8 Å². The van der Waals surface area contributed by atoms with Crippen molar-refractivity contribution in [2.24, 2.45) is 0 Å². The van der Waals surface area contributed by atoms with Crippen LogP contribution in [0.15, 0.2) is 24.3 Å². The van der Waals surface area contributed by atoms with Gasteiger partial charge < -0.3 is 5.32 Å². The molecule has 0 aliphatic carbocycles. The lowest BCUT2D eigenvalue weighted by molar-refractivity contribution is 0.514. The SMILES string of the molecule is CCNC(Cc1cc(C)nn1CC)c1ccc(Cl)cc1C. The van der Waals surface area contributed by atoms with Crippen molar-refractivity contribution in [3.63, 3.8) is 0 Å². The van der Waals surface area contributed by atoms with Crippen LogP contribution < -0.4 is 5.32 Å². The number of aryl methyl sites for hydroxylation is 3. The number of halogens is 1. The Balaban J connectivity index is 2.30. The maximum atomic E-state index is 6.08. The van der Waals surface area contributed by atoms with Crippen molar-refractivity contribution >= 4 is 11.6 Å². The molecule has 114 valence electrons. The van der Waals surface area contributed by atoms with E-state index in [-0.39, 0.29) is 6.04 Å². The van der Waals surface area contributed by atoms with E-state index in [2.05, 4.69) is 48.0 Å². The van der Waals surface area contributed by atoms with Crippen LogP contribution in [-0.2, 0) is 13.0 Å². The molecule has 0 radical (unpaired) electrons. The minimum atomic E-state index is 0.286. The fourth-order valence-electron chi connectivity index (χ4n) is 2.81. The van der Waals surface area contributed by atoms with Crippen LogP contribution in [0.3, 0.4) is 0 Å². The fraction of sp³-hybridized carbons (Fsp3) is 0.471. The molecule has 1 aromatic heterocycles. The van der Waals surface area contributed by atoms with Crippen molar-refractivity contribution < 1.29 is 0 Å². The molecule has 2 aromatic rings. The highest BCUT2D eigenvalue weighted by Crippen LogP contribution is 2.24. The summed E-state index contributed by atoms with van der Waals surface area (Å²) >= 11 is 6.08. The van der Waals surface area contributed by atoms with Gasteiger partial charge in [-0.05, 0) is 56.6 Å². The third-order valence-electron chi connectivity index (χ3n) is 3.76. The Kier molecular flexibility index (Phi) is 5.43. The highest BCUT2D eigenvalue weighted by Gasteiger charge is 2.16. The van der Waals surface area contributed by atoms with E-state index >= 15 is 0 Å². The maximum Gasteiger partial charge on any atom is 0.0596 e. The van der Waals surface area contributed by atoms with E-state index in [9.17, 15) is 0 Å². The lowest BCUT2D eigenvalue weighted by Crippen LogP contribution is -2.24. The Morgan fingerprint density at radius 2 is 2.00 bits per heavy atom. The first-order valence-corrected chi connectivity index (χ1v) is 7.95. The molecule has 1 aromatic carbocycles. The summed E-state index contributed by atoms with van der Waals surface area (Å²) < 4.78 is 2.09. The molecule has 21 heavy (non-hydrogen) atoms. The quantitative estimate of drug-likeness (QED) is 0.872. The van der Waals surface area contributed by atoms with Gasteiger partial charge in [0, 0.05) is 29.7 Å². The summed E-state index contributed by atoms with van der Waals surface area (Å²) in [5.74, 6) is 0. The second kappa shape index (κ2) is 7.10. The van der Waals surface area contributed by atoms with Crippen molar-refractivity contribution in [1.29, 1.82) is 0 Å². The van der Waals surface area contributed by atoms with Crippen LogP contribution in [0.1, 0.15) is 42.4 Å². The molecule has 4 heteroatoms. The maximum absolute atomic E-state index is 6.08. The fourth-order valence-corrected chi connectivity index (χ4v) is 3.04. The van der Waals surface area contributed by atoms with Gasteiger partial charge in [-0.3, -0.25) is 4.68 Å². The lowest BCUT2D eigenvalue weighted by atomic mass is 9.97. The molecular formula is C17H24ClN3. The van der Waals surface area contributed by atoms with E-state index in [0.717, 1.165) is 30.2 Å². The number of nitrogens with zero attached hydrogens (tertiary/aromatic N) is 2. The predicted molar refractivity (Wildman–Crippen MR) is 88.9 cm³/mol. The van der Waals surface area contributed by atoms with Crippen LogP contribution in [0.25, 0.3) is 0 Å². The van der Waals surface area contributed by atoms with Gasteiger partial charge in [0.2, 0.25) is 0 Å². The number of benzene rings is 1. The third kappa shape index (κ3) is 3.86. The molecule has 3 nitrogen and oxygen atoms in total. The largest absolute Gasteiger partial charge is 0.310 e. The highest BCUT2D eigenvalue weighted by atomic mass is 35.5. The molecule has 1 unspecified atom stereocenters. The molecule has 0 saturated carbocycles. The minimum absolute atomic E-state index is 0.286. The first-order valence-electron chi connectivity index (χ1n) is 7.57. The van der Waals surface area contributed by atoms with Crippen molar-refractivity contribution in [3.8, 4) is 0 Å². The Morgan fingerprint density at radius 1 is 1.24 bits per heavy atom. The number of hydrogen-bond donors (Lipinski definition) is 1. The molecule has 2 rings (SSSR count). The number of rotatable bonds is 6. The van der Waals surface area contributed by atoms with E-state index in [4.69, 9.17) is 11.6 Å². The molecule has 0 bridgehead atoms. The summed E-state index contributed by atoms with van der Waals surface area (Å²) in [4.78, 5) is 0. The zero-order valence-corrected chi connectivity index (χ0v) is 14.0. The van der Waals surface area contributed by atoms with Crippen molar-refractivity contribution in [3.05, 3.63) is 51.8 Å². The van der Waals surface area contributed by atoms with E-state index in [1.54, 1.807) is 0 Å². The standard InChI is InChI=1S/C17H24ClN3/c1-5-19-17(16-8-7-14(18)9-12(16)3)11-15-10-13(4)20-21(15)6-2/h7-10,17,19H,5-6,11H2,1-4H3. The first-order chi connectivity index (χ1) is 10.0. The van der Waals surface area contributed by atoms with E-state index in [0.29, 0.717) is 0 Å². The highest BCUT2D eigenvalue weighted by molar-refractivity contribution is 6.30. The van der Waals surface area contributed by atoms with E-state index in [1.807, 2.05) is 19.1 Å². The van der Waals surface area contributed by atoms with Gasteiger partial charge in [0.05, 0.1) is 5.69 Å². The molecule has 1 N–H and O–H groups in total.